The van der Waals surface area contributed by atoms with Crippen molar-refractivity contribution in [1.82, 2.24) is 20.1 Å². The van der Waals surface area contributed by atoms with E-state index >= 15 is 0 Å². The second kappa shape index (κ2) is 8.09. The average molecular weight is 372 g/mol. The number of fused-ring (bicyclic) bond motifs is 1. The van der Waals surface area contributed by atoms with Gasteiger partial charge in [0.15, 0.2) is 12.3 Å². The summed E-state index contributed by atoms with van der Waals surface area (Å²) in [5, 5.41) is 9.75. The van der Waals surface area contributed by atoms with Crippen molar-refractivity contribution in [2.75, 3.05) is 13.2 Å². The molecule has 0 saturated carbocycles. The number of pyridine rings is 1. The second-order valence-corrected chi connectivity index (χ2v) is 7.11. The zero-order valence-electron chi connectivity index (χ0n) is 14.6. The Morgan fingerprint density at radius 1 is 1.35 bits per heavy atom. The number of carbonyl (C=O) groups excluding carboxylic acids is 2. The normalized spacial score (nSPS) is 11.0. The van der Waals surface area contributed by atoms with Crippen LogP contribution < -0.4 is 5.32 Å². The monoisotopic (exact) mass is 372 g/mol. The number of thiophene rings is 1. The summed E-state index contributed by atoms with van der Waals surface area (Å²) in [5.41, 5.74) is 1.01. The summed E-state index contributed by atoms with van der Waals surface area (Å²) >= 11 is 1.64. The van der Waals surface area contributed by atoms with Gasteiger partial charge >= 0.3 is 5.97 Å². The Morgan fingerprint density at radius 2 is 2.19 bits per heavy atom. The zero-order valence-corrected chi connectivity index (χ0v) is 15.5. The van der Waals surface area contributed by atoms with Gasteiger partial charge in [-0.1, -0.05) is 6.07 Å². The first-order chi connectivity index (χ1) is 12.5. The number of aromatic nitrogens is 3. The molecule has 0 bridgehead atoms. The molecule has 3 rings (SSSR count). The summed E-state index contributed by atoms with van der Waals surface area (Å²) in [4.78, 5) is 29.4. The highest BCUT2D eigenvalue weighted by molar-refractivity contribution is 7.09. The van der Waals surface area contributed by atoms with Crippen molar-refractivity contribution in [2.24, 2.45) is 0 Å². The van der Waals surface area contributed by atoms with Gasteiger partial charge in [-0.05, 0) is 37.8 Å². The lowest BCUT2D eigenvalue weighted by atomic mass is 10.2. The molecule has 0 aliphatic carbocycles. The number of amides is 1. The van der Waals surface area contributed by atoms with Crippen molar-refractivity contribution in [3.8, 4) is 0 Å². The molecule has 136 valence electrons. The lowest BCUT2D eigenvalue weighted by Crippen LogP contribution is -2.30. The fourth-order valence-corrected chi connectivity index (χ4v) is 3.18. The molecule has 0 spiro atoms. The van der Waals surface area contributed by atoms with Crippen molar-refractivity contribution >= 4 is 34.2 Å². The van der Waals surface area contributed by atoms with Gasteiger partial charge in [-0.15, -0.1) is 11.3 Å². The third-order valence-electron chi connectivity index (χ3n) is 3.77. The van der Waals surface area contributed by atoms with E-state index in [9.17, 15) is 9.59 Å². The summed E-state index contributed by atoms with van der Waals surface area (Å²) in [7, 11) is 0. The van der Waals surface area contributed by atoms with Crippen LogP contribution in [0.15, 0.2) is 36.0 Å². The fraction of sp³-hybridized carbons (Fsp3) is 0.333. The van der Waals surface area contributed by atoms with Crippen molar-refractivity contribution < 1.29 is 14.3 Å². The van der Waals surface area contributed by atoms with Crippen molar-refractivity contribution in [3.63, 3.8) is 0 Å². The summed E-state index contributed by atoms with van der Waals surface area (Å²) in [6.45, 7) is 4.21. The van der Waals surface area contributed by atoms with Crippen molar-refractivity contribution in [2.45, 2.75) is 26.3 Å². The number of esters is 1. The van der Waals surface area contributed by atoms with E-state index in [4.69, 9.17) is 4.74 Å². The molecular weight excluding hydrogens is 352 g/mol. The van der Waals surface area contributed by atoms with Crippen LogP contribution in [0.1, 0.15) is 35.1 Å². The van der Waals surface area contributed by atoms with Crippen LogP contribution in [0.4, 0.5) is 0 Å². The highest BCUT2D eigenvalue weighted by atomic mass is 32.1. The first-order valence-corrected chi connectivity index (χ1v) is 9.22. The van der Waals surface area contributed by atoms with E-state index in [0.717, 1.165) is 11.8 Å². The molecule has 26 heavy (non-hydrogen) atoms. The molecule has 0 aliphatic rings. The number of rotatable bonds is 7. The smallest absolute Gasteiger partial charge is 0.340 e. The molecule has 0 atom stereocenters. The van der Waals surface area contributed by atoms with Gasteiger partial charge in [0.2, 0.25) is 0 Å². The third kappa shape index (κ3) is 4.26. The van der Waals surface area contributed by atoms with E-state index in [0.29, 0.717) is 17.8 Å². The van der Waals surface area contributed by atoms with Crippen LogP contribution in [-0.2, 0) is 16.0 Å². The first-order valence-electron chi connectivity index (χ1n) is 8.34. The predicted molar refractivity (Wildman–Crippen MR) is 99.2 cm³/mol. The molecule has 8 heteroatoms. The number of hydrogen-bond acceptors (Lipinski definition) is 6. The van der Waals surface area contributed by atoms with E-state index in [1.54, 1.807) is 28.3 Å². The highest BCUT2D eigenvalue weighted by Gasteiger charge is 2.14. The molecule has 0 radical (unpaired) electrons. The van der Waals surface area contributed by atoms with Crippen LogP contribution >= 0.6 is 11.3 Å². The van der Waals surface area contributed by atoms with Crippen LogP contribution in [0.2, 0.25) is 0 Å². The molecule has 0 unspecified atom stereocenters. The van der Waals surface area contributed by atoms with Crippen LogP contribution in [0.25, 0.3) is 11.0 Å². The van der Waals surface area contributed by atoms with Crippen molar-refractivity contribution in [3.05, 3.63) is 46.4 Å². The van der Waals surface area contributed by atoms with Gasteiger partial charge in [0.1, 0.15) is 0 Å². The van der Waals surface area contributed by atoms with Crippen LogP contribution in [0, 0.1) is 0 Å². The molecule has 0 aromatic carbocycles. The Kier molecular flexibility index (Phi) is 5.62. The zero-order chi connectivity index (χ0) is 18.5. The topological polar surface area (TPSA) is 86.1 Å². The third-order valence-corrected chi connectivity index (χ3v) is 4.70. The highest BCUT2D eigenvalue weighted by Crippen LogP contribution is 2.17. The molecule has 0 fully saturated rings. The Labute approximate surface area is 155 Å². The Bertz CT molecular complexity index is 902. The number of nitrogens with one attached hydrogen (secondary N) is 1. The quantitative estimate of drug-likeness (QED) is 0.644. The molecule has 3 aromatic rings. The SMILES string of the molecule is CC(C)n1ncc2cc(C(=O)OCC(=O)NCCc3cccs3)cnc21. The minimum atomic E-state index is -0.579. The minimum Gasteiger partial charge on any atom is -0.452 e. The minimum absolute atomic E-state index is 0.177. The van der Waals surface area contributed by atoms with Gasteiger partial charge in [-0.3, -0.25) is 4.79 Å². The van der Waals surface area contributed by atoms with Gasteiger partial charge < -0.3 is 10.1 Å². The molecule has 1 N–H and O–H groups in total. The van der Waals surface area contributed by atoms with E-state index < -0.39 is 5.97 Å². The predicted octanol–water partition coefficient (Wildman–Crippen LogP) is 2.59. The molecule has 3 aromatic heterocycles. The van der Waals surface area contributed by atoms with E-state index in [-0.39, 0.29) is 18.6 Å². The summed E-state index contributed by atoms with van der Waals surface area (Å²) < 4.78 is 6.85. The molecule has 3 heterocycles. The van der Waals surface area contributed by atoms with Crippen molar-refractivity contribution in [1.29, 1.82) is 0 Å². The summed E-state index contributed by atoms with van der Waals surface area (Å²) in [6.07, 6.45) is 3.87. The number of ether oxygens (including phenoxy) is 1. The maximum absolute atomic E-state index is 12.1. The first kappa shape index (κ1) is 18.1. The van der Waals surface area contributed by atoms with E-state index in [1.807, 2.05) is 31.4 Å². The van der Waals surface area contributed by atoms with Gasteiger partial charge in [0.05, 0.1) is 11.8 Å². The molecular formula is C18H20N4O3S. The molecule has 1 amide bonds. The summed E-state index contributed by atoms with van der Waals surface area (Å²) in [5.74, 6) is -0.901. The maximum atomic E-state index is 12.1. The van der Waals surface area contributed by atoms with Crippen LogP contribution in [0.3, 0.4) is 0 Å². The lowest BCUT2D eigenvalue weighted by molar-refractivity contribution is -0.124. The molecule has 7 nitrogen and oxygen atoms in total. The van der Waals surface area contributed by atoms with Crippen LogP contribution in [-0.4, -0.2) is 39.8 Å². The fourth-order valence-electron chi connectivity index (χ4n) is 2.48. The number of hydrogen-bond donors (Lipinski definition) is 1. The van der Waals surface area contributed by atoms with Crippen LogP contribution in [0.5, 0.6) is 0 Å². The number of carbonyl (C=O) groups is 2. The second-order valence-electron chi connectivity index (χ2n) is 6.08. The Morgan fingerprint density at radius 3 is 2.92 bits per heavy atom. The average Bonchev–Trinajstić information content (AvgIpc) is 3.28. The van der Waals surface area contributed by atoms with Gasteiger partial charge in [-0.2, -0.15) is 5.10 Å². The standard InChI is InChI=1S/C18H20N4O3S/c1-12(2)22-17-13(10-21-22)8-14(9-20-17)18(24)25-11-16(23)19-6-5-15-4-3-7-26-15/h3-4,7-10,12H,5-6,11H2,1-2H3,(H,19,23). The largest absolute Gasteiger partial charge is 0.452 e. The number of nitrogens with zero attached hydrogens (tertiary/aromatic N) is 3. The summed E-state index contributed by atoms with van der Waals surface area (Å²) in [6, 6.07) is 5.84. The van der Waals surface area contributed by atoms with Gasteiger partial charge in [0.25, 0.3) is 5.91 Å². The lowest BCUT2D eigenvalue weighted by Gasteiger charge is -2.07. The Hall–Kier alpha value is -2.74. The molecule has 0 saturated heterocycles. The van der Waals surface area contributed by atoms with E-state index in [1.165, 1.54) is 11.1 Å². The van der Waals surface area contributed by atoms with Gasteiger partial charge in [-0.25, -0.2) is 14.5 Å². The molecule has 0 aliphatic heterocycles. The van der Waals surface area contributed by atoms with Gasteiger partial charge in [0, 0.05) is 29.0 Å². The van der Waals surface area contributed by atoms with E-state index in [2.05, 4.69) is 15.4 Å². The Balaban J connectivity index is 1.51. The maximum Gasteiger partial charge on any atom is 0.340 e.